The van der Waals surface area contributed by atoms with Crippen LogP contribution in [0, 0.1) is 13.8 Å². The van der Waals surface area contributed by atoms with Crippen LogP contribution in [0.2, 0.25) is 0 Å². The number of hydrogen-bond donors (Lipinski definition) is 2. The summed E-state index contributed by atoms with van der Waals surface area (Å²) in [7, 11) is 0. The van der Waals surface area contributed by atoms with E-state index in [9.17, 15) is 14.4 Å². The lowest BCUT2D eigenvalue weighted by Gasteiger charge is -2.29. The Hall–Kier alpha value is -4.01. The molecule has 0 bridgehead atoms. The van der Waals surface area contributed by atoms with Gasteiger partial charge in [0.1, 0.15) is 11.7 Å². The van der Waals surface area contributed by atoms with E-state index in [1.165, 1.54) is 16.0 Å². The van der Waals surface area contributed by atoms with Crippen molar-refractivity contribution in [2.24, 2.45) is 0 Å². The Morgan fingerprint density at radius 3 is 2.67 bits per heavy atom. The third-order valence-corrected chi connectivity index (χ3v) is 6.24. The maximum atomic E-state index is 12.9. The fraction of sp³-hybridized carbons (Fsp3) is 0.292. The van der Waals surface area contributed by atoms with E-state index in [0.717, 1.165) is 22.6 Å². The van der Waals surface area contributed by atoms with E-state index in [0.29, 0.717) is 25.1 Å². The number of benzene rings is 2. The van der Waals surface area contributed by atoms with Crippen LogP contribution in [0.1, 0.15) is 45.6 Å². The second-order valence-electron chi connectivity index (χ2n) is 8.52. The molecule has 0 aliphatic carbocycles. The lowest BCUT2D eigenvalue weighted by molar-refractivity contribution is -0.136. The Kier molecular flexibility index (Phi) is 5.16. The lowest BCUT2D eigenvalue weighted by atomic mass is 10.0. The molecule has 2 aromatic carbocycles. The van der Waals surface area contributed by atoms with Gasteiger partial charge in [0.25, 0.3) is 5.91 Å². The normalized spacial score (nSPS) is 17.8. The van der Waals surface area contributed by atoms with E-state index in [1.54, 1.807) is 10.7 Å². The predicted molar refractivity (Wildman–Crippen MR) is 121 cm³/mol. The molecule has 1 aromatic heterocycles. The molecule has 3 amide bonds. The molecule has 1 unspecified atom stereocenters. The molecule has 3 heterocycles. The Morgan fingerprint density at radius 2 is 1.91 bits per heavy atom. The zero-order chi connectivity index (χ0) is 23.1. The van der Waals surface area contributed by atoms with Gasteiger partial charge in [-0.15, -0.1) is 5.10 Å². The van der Waals surface area contributed by atoms with Crippen molar-refractivity contribution in [3.05, 3.63) is 70.5 Å². The summed E-state index contributed by atoms with van der Waals surface area (Å²) in [6.07, 6.45) is 2.44. The number of fused-ring (bicyclic) bond motifs is 1. The highest BCUT2D eigenvalue weighted by Crippen LogP contribution is 2.29. The SMILES string of the molecule is Cc1cccc(C)c1NCc1cn(-c2ccc3c(c2)CN(C2CCC(=O)NC2=O)C3=O)nn1. The average Bonchev–Trinajstić information content (AvgIpc) is 3.38. The molecular formula is C24H24N6O3. The van der Waals surface area contributed by atoms with E-state index in [-0.39, 0.29) is 18.2 Å². The highest BCUT2D eigenvalue weighted by Gasteiger charge is 2.39. The maximum Gasteiger partial charge on any atom is 0.255 e. The Bertz CT molecular complexity index is 1260. The van der Waals surface area contributed by atoms with E-state index in [1.807, 2.05) is 24.4 Å². The molecule has 1 fully saturated rings. The Labute approximate surface area is 190 Å². The van der Waals surface area contributed by atoms with Crippen molar-refractivity contribution < 1.29 is 14.4 Å². The fourth-order valence-electron chi connectivity index (χ4n) is 4.48. The second-order valence-corrected chi connectivity index (χ2v) is 8.52. The smallest absolute Gasteiger partial charge is 0.255 e. The summed E-state index contributed by atoms with van der Waals surface area (Å²) in [5, 5.41) is 14.3. The molecule has 33 heavy (non-hydrogen) atoms. The first kappa shape index (κ1) is 20.9. The molecule has 9 heteroatoms. The van der Waals surface area contributed by atoms with Crippen molar-refractivity contribution in [2.45, 2.75) is 45.8 Å². The molecule has 2 aliphatic heterocycles. The van der Waals surface area contributed by atoms with Gasteiger partial charge in [-0.05, 0) is 55.2 Å². The van der Waals surface area contributed by atoms with Gasteiger partial charge in [0.15, 0.2) is 0 Å². The molecule has 2 aliphatic rings. The Balaban J connectivity index is 1.31. The standard InChI is InChI=1S/C24H24N6O3/c1-14-4-3-5-15(2)22(14)25-11-17-13-30(28-27-17)18-6-7-19-16(10-18)12-29(24(19)33)20-8-9-21(31)26-23(20)32/h3-7,10,13,20,25H,8-9,11-12H2,1-2H3,(H,26,31,32). The zero-order valence-corrected chi connectivity index (χ0v) is 18.5. The summed E-state index contributed by atoms with van der Waals surface area (Å²) in [5.41, 5.74) is 6.42. The molecule has 2 N–H and O–H groups in total. The van der Waals surface area contributed by atoms with Crippen molar-refractivity contribution in [3.63, 3.8) is 0 Å². The van der Waals surface area contributed by atoms with Gasteiger partial charge in [0.05, 0.1) is 18.4 Å². The quantitative estimate of drug-likeness (QED) is 0.585. The number of rotatable bonds is 5. The third kappa shape index (κ3) is 3.86. The van der Waals surface area contributed by atoms with Gasteiger partial charge in [0.2, 0.25) is 11.8 Å². The van der Waals surface area contributed by atoms with E-state index < -0.39 is 11.9 Å². The van der Waals surface area contributed by atoms with Crippen LogP contribution in [-0.4, -0.2) is 43.7 Å². The minimum Gasteiger partial charge on any atom is -0.379 e. The number of aromatic nitrogens is 3. The van der Waals surface area contributed by atoms with Crippen LogP contribution in [0.25, 0.3) is 5.69 Å². The van der Waals surface area contributed by atoms with Crippen LogP contribution < -0.4 is 10.6 Å². The molecule has 168 valence electrons. The molecule has 0 radical (unpaired) electrons. The maximum absolute atomic E-state index is 12.9. The van der Waals surface area contributed by atoms with Crippen molar-refractivity contribution in [2.75, 3.05) is 5.32 Å². The minimum atomic E-state index is -0.625. The van der Waals surface area contributed by atoms with Crippen LogP contribution in [0.5, 0.6) is 0 Å². The summed E-state index contributed by atoms with van der Waals surface area (Å²) < 4.78 is 1.68. The summed E-state index contributed by atoms with van der Waals surface area (Å²) in [6.45, 7) is 4.99. The number of hydrogen-bond acceptors (Lipinski definition) is 6. The van der Waals surface area contributed by atoms with Gasteiger partial charge in [0, 0.05) is 24.2 Å². The molecule has 3 aromatic rings. The van der Waals surface area contributed by atoms with Gasteiger partial charge < -0.3 is 10.2 Å². The van der Waals surface area contributed by atoms with Gasteiger partial charge in [-0.3, -0.25) is 19.7 Å². The largest absolute Gasteiger partial charge is 0.379 e. The summed E-state index contributed by atoms with van der Waals surface area (Å²) >= 11 is 0. The monoisotopic (exact) mass is 444 g/mol. The topological polar surface area (TPSA) is 109 Å². The number of nitrogens with one attached hydrogen (secondary N) is 2. The summed E-state index contributed by atoms with van der Waals surface area (Å²) in [5.74, 6) is -0.898. The highest BCUT2D eigenvalue weighted by atomic mass is 16.2. The summed E-state index contributed by atoms with van der Waals surface area (Å²) in [6, 6.07) is 11.0. The molecule has 0 spiro atoms. The first-order chi connectivity index (χ1) is 15.9. The molecule has 1 atom stereocenters. The molecule has 5 rings (SSSR count). The number of carbonyl (C=O) groups is 3. The second kappa shape index (κ2) is 8.16. The summed E-state index contributed by atoms with van der Waals surface area (Å²) in [4.78, 5) is 38.1. The average molecular weight is 444 g/mol. The van der Waals surface area contributed by atoms with Gasteiger partial charge >= 0.3 is 0 Å². The van der Waals surface area contributed by atoms with Gasteiger partial charge in [-0.2, -0.15) is 0 Å². The number of carbonyl (C=O) groups excluding carboxylic acids is 3. The van der Waals surface area contributed by atoms with Crippen LogP contribution in [-0.2, 0) is 22.7 Å². The van der Waals surface area contributed by atoms with Gasteiger partial charge in [-0.1, -0.05) is 23.4 Å². The predicted octanol–water partition coefficient (Wildman–Crippen LogP) is 2.26. The van der Waals surface area contributed by atoms with E-state index in [4.69, 9.17) is 0 Å². The number of amides is 3. The number of anilines is 1. The lowest BCUT2D eigenvalue weighted by Crippen LogP contribution is -2.52. The van der Waals surface area contributed by atoms with Gasteiger partial charge in [-0.25, -0.2) is 4.68 Å². The van der Waals surface area contributed by atoms with Crippen LogP contribution in [0.15, 0.2) is 42.6 Å². The number of aryl methyl sites for hydroxylation is 2. The highest BCUT2D eigenvalue weighted by molar-refractivity contribution is 6.05. The first-order valence-electron chi connectivity index (χ1n) is 10.9. The number of imide groups is 1. The number of nitrogens with zero attached hydrogens (tertiary/aromatic N) is 4. The fourth-order valence-corrected chi connectivity index (χ4v) is 4.48. The molecule has 0 saturated carbocycles. The van der Waals surface area contributed by atoms with E-state index in [2.05, 4.69) is 46.9 Å². The van der Waals surface area contributed by atoms with Crippen molar-refractivity contribution in [1.29, 1.82) is 0 Å². The van der Waals surface area contributed by atoms with E-state index >= 15 is 0 Å². The third-order valence-electron chi connectivity index (χ3n) is 6.24. The molecule has 1 saturated heterocycles. The van der Waals surface area contributed by atoms with Crippen LogP contribution in [0.4, 0.5) is 5.69 Å². The van der Waals surface area contributed by atoms with Crippen LogP contribution in [0.3, 0.4) is 0 Å². The Morgan fingerprint density at radius 1 is 1.12 bits per heavy atom. The van der Waals surface area contributed by atoms with Crippen LogP contribution >= 0.6 is 0 Å². The molecule has 9 nitrogen and oxygen atoms in total. The van der Waals surface area contributed by atoms with Crippen molar-refractivity contribution in [1.82, 2.24) is 25.2 Å². The first-order valence-corrected chi connectivity index (χ1v) is 10.9. The molecular weight excluding hydrogens is 420 g/mol. The number of piperidine rings is 1. The minimum absolute atomic E-state index is 0.192. The number of para-hydroxylation sites is 1. The zero-order valence-electron chi connectivity index (χ0n) is 18.5. The van der Waals surface area contributed by atoms with Crippen molar-refractivity contribution in [3.8, 4) is 5.69 Å². The van der Waals surface area contributed by atoms with Crippen molar-refractivity contribution >= 4 is 23.4 Å².